The molecule has 0 bridgehead atoms. The van der Waals surface area contributed by atoms with E-state index in [0.717, 1.165) is 65.8 Å². The molecule has 2 fully saturated rings. The fourth-order valence-electron chi connectivity index (χ4n) is 6.13. The quantitative estimate of drug-likeness (QED) is 0.152. The number of hydrogen-bond donors (Lipinski definition) is 2. The Morgan fingerprint density at radius 3 is 1.77 bits per heavy atom. The van der Waals surface area contributed by atoms with Crippen LogP contribution in [0.4, 0.5) is 0 Å². The second-order valence-corrected chi connectivity index (χ2v) is 15.5. The second kappa shape index (κ2) is 17.6. The highest BCUT2D eigenvalue weighted by Gasteiger charge is 2.25. The predicted octanol–water partition coefficient (Wildman–Crippen LogP) is 6.65. The fraction of sp³-hybridized carbons (Fsp3) is 1.00. The van der Waals surface area contributed by atoms with Crippen molar-refractivity contribution in [2.75, 3.05) is 38.5 Å². The fourth-order valence-corrected chi connectivity index (χ4v) is 8.19. The Morgan fingerprint density at radius 1 is 0.714 bits per heavy atom. The van der Waals surface area contributed by atoms with Gasteiger partial charge in [0.15, 0.2) is 0 Å². The highest BCUT2D eigenvalue weighted by molar-refractivity contribution is 8.70. The lowest BCUT2D eigenvalue weighted by Crippen LogP contribution is -2.24. The molecule has 0 aromatic rings. The average Bonchev–Trinajstić information content (AvgIpc) is 2.81. The van der Waals surface area contributed by atoms with Crippen LogP contribution in [0.2, 0.25) is 0 Å². The molecule has 0 spiro atoms. The lowest BCUT2D eigenvalue weighted by Gasteiger charge is -2.32. The smallest absolute Gasteiger partial charge is 0.316 e. The zero-order valence-electron chi connectivity index (χ0n) is 23.2. The number of hydrogen-bond acceptors (Lipinski definition) is 6. The standard InChI is InChI=1S/C28H56N2O3S2/c1-23-11-13-25(3)27(21-23)9-5-7-15-29-17-19-33-35(31,32)34-20-18-30-16-8-6-10-28-22-24(2)12-14-26(28)4/h23-30H,5-22H2,1-4H3. The summed E-state index contributed by atoms with van der Waals surface area (Å²) in [6, 6.07) is 0. The van der Waals surface area contributed by atoms with Gasteiger partial charge in [0.05, 0.1) is 6.61 Å². The van der Waals surface area contributed by atoms with Gasteiger partial charge in [-0.15, -0.1) is 0 Å². The topological polar surface area (TPSA) is 67.4 Å². The molecule has 7 heteroatoms. The van der Waals surface area contributed by atoms with Crippen molar-refractivity contribution in [1.29, 1.82) is 0 Å². The first-order valence-electron chi connectivity index (χ1n) is 14.7. The summed E-state index contributed by atoms with van der Waals surface area (Å²) in [6.07, 6.45) is 15.9. The summed E-state index contributed by atoms with van der Waals surface area (Å²) in [5.41, 5.74) is 0. The predicted molar refractivity (Wildman–Crippen MR) is 152 cm³/mol. The van der Waals surface area contributed by atoms with Gasteiger partial charge in [0.2, 0.25) is 0 Å². The van der Waals surface area contributed by atoms with Gasteiger partial charge in [-0.1, -0.05) is 79.1 Å². The van der Waals surface area contributed by atoms with E-state index in [-0.39, 0.29) is 6.61 Å². The molecule has 35 heavy (non-hydrogen) atoms. The Kier molecular flexibility index (Phi) is 15.8. The van der Waals surface area contributed by atoms with Gasteiger partial charge in [-0.3, -0.25) is 4.18 Å². The van der Waals surface area contributed by atoms with E-state index in [4.69, 9.17) is 4.18 Å². The molecule has 2 aliphatic carbocycles. The SMILES string of the molecule is CC1CCC(C)C(CCCCNCCOS(=O)(=O)SCCNCCCCC2CC(C)CCC2C)C1. The monoisotopic (exact) mass is 532 g/mol. The number of nitrogens with one attached hydrogen (secondary N) is 2. The van der Waals surface area contributed by atoms with Crippen molar-refractivity contribution < 1.29 is 12.6 Å². The Bertz CT molecular complexity index is 598. The van der Waals surface area contributed by atoms with Crippen LogP contribution in [0.25, 0.3) is 0 Å². The lowest BCUT2D eigenvalue weighted by atomic mass is 9.73. The van der Waals surface area contributed by atoms with Crippen LogP contribution in [0, 0.1) is 35.5 Å². The maximum Gasteiger partial charge on any atom is 0.322 e. The van der Waals surface area contributed by atoms with Crippen LogP contribution in [-0.2, 0) is 13.3 Å². The third-order valence-corrected chi connectivity index (χ3v) is 11.4. The maximum absolute atomic E-state index is 12.1. The molecule has 0 heterocycles. The van der Waals surface area contributed by atoms with Crippen molar-refractivity contribution in [2.45, 2.75) is 105 Å². The summed E-state index contributed by atoms with van der Waals surface area (Å²) in [6.45, 7) is 13.1. The summed E-state index contributed by atoms with van der Waals surface area (Å²) in [7, 11) is -2.58. The zero-order valence-corrected chi connectivity index (χ0v) is 24.9. The van der Waals surface area contributed by atoms with Gasteiger partial charge in [0.25, 0.3) is 0 Å². The number of rotatable bonds is 18. The van der Waals surface area contributed by atoms with E-state index in [0.29, 0.717) is 18.8 Å². The van der Waals surface area contributed by atoms with E-state index in [1.165, 1.54) is 70.6 Å². The first kappa shape index (κ1) is 31.4. The third-order valence-electron chi connectivity index (χ3n) is 8.62. The Morgan fingerprint density at radius 2 is 1.23 bits per heavy atom. The summed E-state index contributed by atoms with van der Waals surface area (Å²) >= 11 is 0. The molecule has 2 saturated carbocycles. The van der Waals surface area contributed by atoms with Crippen molar-refractivity contribution in [3.63, 3.8) is 0 Å². The molecule has 6 atom stereocenters. The molecule has 2 aliphatic rings. The molecule has 0 radical (unpaired) electrons. The summed E-state index contributed by atoms with van der Waals surface area (Å²) in [4.78, 5) is 0. The Hall–Kier alpha value is 0.180. The van der Waals surface area contributed by atoms with Gasteiger partial charge in [-0.2, -0.15) is 8.42 Å². The molecule has 0 aliphatic heterocycles. The highest BCUT2D eigenvalue weighted by atomic mass is 33.1. The van der Waals surface area contributed by atoms with Gasteiger partial charge in [-0.25, -0.2) is 0 Å². The second-order valence-electron chi connectivity index (χ2n) is 11.9. The normalized spacial score (nSPS) is 29.9. The molecule has 2 rings (SSSR count). The van der Waals surface area contributed by atoms with Gasteiger partial charge in [0.1, 0.15) is 0 Å². The molecular weight excluding hydrogens is 476 g/mol. The molecule has 0 aromatic heterocycles. The average molecular weight is 533 g/mol. The first-order chi connectivity index (χ1) is 16.8. The summed E-state index contributed by atoms with van der Waals surface area (Å²) in [5, 5.41) is 6.72. The molecule has 6 unspecified atom stereocenters. The summed E-state index contributed by atoms with van der Waals surface area (Å²) in [5.74, 6) is 5.89. The van der Waals surface area contributed by atoms with Crippen molar-refractivity contribution in [1.82, 2.24) is 10.6 Å². The van der Waals surface area contributed by atoms with Crippen molar-refractivity contribution >= 4 is 19.9 Å². The molecule has 0 saturated heterocycles. The molecule has 208 valence electrons. The van der Waals surface area contributed by atoms with E-state index >= 15 is 0 Å². The van der Waals surface area contributed by atoms with Crippen molar-refractivity contribution in [3.8, 4) is 0 Å². The summed E-state index contributed by atoms with van der Waals surface area (Å²) < 4.78 is 29.2. The van der Waals surface area contributed by atoms with Crippen LogP contribution >= 0.6 is 10.8 Å². The molecule has 0 aromatic carbocycles. The van der Waals surface area contributed by atoms with Gasteiger partial charge >= 0.3 is 9.15 Å². The lowest BCUT2D eigenvalue weighted by molar-refractivity contribution is 0.189. The zero-order chi connectivity index (χ0) is 25.5. The van der Waals surface area contributed by atoms with E-state index in [1.54, 1.807) is 0 Å². The number of unbranched alkanes of at least 4 members (excludes halogenated alkanes) is 2. The van der Waals surface area contributed by atoms with Crippen LogP contribution in [-0.4, -0.2) is 47.0 Å². The van der Waals surface area contributed by atoms with Gasteiger partial charge < -0.3 is 10.6 Å². The van der Waals surface area contributed by atoms with E-state index in [2.05, 4.69) is 38.3 Å². The molecule has 5 nitrogen and oxygen atoms in total. The maximum atomic E-state index is 12.1. The third kappa shape index (κ3) is 14.1. The Labute approximate surface area is 221 Å². The molecule has 0 amide bonds. The van der Waals surface area contributed by atoms with Crippen molar-refractivity contribution in [2.24, 2.45) is 35.5 Å². The van der Waals surface area contributed by atoms with Gasteiger partial charge in [-0.05, 0) is 85.1 Å². The van der Waals surface area contributed by atoms with E-state index < -0.39 is 9.15 Å². The minimum Gasteiger partial charge on any atom is -0.316 e. The highest BCUT2D eigenvalue weighted by Crippen LogP contribution is 2.37. The largest absolute Gasteiger partial charge is 0.322 e. The minimum atomic E-state index is -3.49. The van der Waals surface area contributed by atoms with E-state index in [9.17, 15) is 8.42 Å². The van der Waals surface area contributed by atoms with E-state index in [1.807, 2.05) is 0 Å². The van der Waals surface area contributed by atoms with Crippen LogP contribution in [0.15, 0.2) is 0 Å². The minimum absolute atomic E-state index is 0.220. The Balaban J connectivity index is 1.37. The first-order valence-corrected chi connectivity index (χ1v) is 17.6. The van der Waals surface area contributed by atoms with Crippen LogP contribution in [0.3, 0.4) is 0 Å². The van der Waals surface area contributed by atoms with Crippen LogP contribution in [0.5, 0.6) is 0 Å². The van der Waals surface area contributed by atoms with Crippen LogP contribution in [0.1, 0.15) is 105 Å². The van der Waals surface area contributed by atoms with Crippen LogP contribution < -0.4 is 10.6 Å². The van der Waals surface area contributed by atoms with Gasteiger partial charge in [0, 0.05) is 18.8 Å². The molecular formula is C28H56N2O3S2. The molecule has 2 N–H and O–H groups in total. The van der Waals surface area contributed by atoms with Crippen molar-refractivity contribution in [3.05, 3.63) is 0 Å².